The number of aryl methyl sites for hydroxylation is 1. The van der Waals surface area contributed by atoms with Crippen LogP contribution in [0, 0.1) is 46.3 Å². The lowest BCUT2D eigenvalue weighted by Gasteiger charge is -2.68. The maximum Gasteiger partial charge on any atom is 0.394 e. The molecule has 392 valence electrons. The van der Waals surface area contributed by atoms with Gasteiger partial charge in [-0.2, -0.15) is 8.42 Å². The third kappa shape index (κ3) is 7.44. The van der Waals surface area contributed by atoms with Gasteiger partial charge in [0.15, 0.2) is 6.10 Å². The lowest BCUT2D eigenvalue weighted by Crippen LogP contribution is -2.85. The predicted molar refractivity (Wildman–Crippen MR) is 252 cm³/mol. The van der Waals surface area contributed by atoms with Crippen LogP contribution in [-0.4, -0.2) is 141 Å². The molecule has 17 nitrogen and oxygen atoms in total. The number of nitrogens with zero attached hydrogens (tertiary/aromatic N) is 1. The first-order valence-electron chi connectivity index (χ1n) is 25.7. The van der Waals surface area contributed by atoms with Crippen LogP contribution in [0.15, 0.2) is 29.8 Å². The fourth-order valence-electron chi connectivity index (χ4n) is 17.7. The predicted octanol–water partition coefficient (Wildman–Crippen LogP) is 4.52. The summed E-state index contributed by atoms with van der Waals surface area (Å²) in [4.78, 5) is 26.3. The number of phenols is 1. The smallest absolute Gasteiger partial charge is 0.394 e. The van der Waals surface area contributed by atoms with Crippen LogP contribution in [0.2, 0.25) is 0 Å². The summed E-state index contributed by atoms with van der Waals surface area (Å²) in [5.41, 5.74) is -6.01. The minimum absolute atomic E-state index is 0.0606. The number of piperidine rings is 2. The molecule has 3 aliphatic heterocycles. The van der Waals surface area contributed by atoms with Crippen molar-refractivity contribution in [2.24, 2.45) is 46.3 Å². The van der Waals surface area contributed by atoms with Crippen LogP contribution >= 0.6 is 0 Å². The summed E-state index contributed by atoms with van der Waals surface area (Å²) in [6.45, 7) is 13.9. The van der Waals surface area contributed by atoms with Crippen LogP contribution in [0.3, 0.4) is 0 Å². The standard InChI is InChI=1S/C32H49NO9.C20H26O3.H2O4S/c1-6-18(3)25(35)41-24-11-12-26(4)19-8-9-20-28(37)13-23(34)31(39)21(29(28,38)16-30(20,26)42-32(19,24)40)15-33-14-17(2)7-10-22(33)27(31,5)36;1-12(21)23-19-8-7-18-17-5-3-13-11-14(22)4-6-15(13)16(17)9-10-20(18,19)2;1-5(2,3)4/h6,17,19-24,34,36-40H,7-16H2,1-5H3;4,6,11,16-19,22H,3,5,7-10H2,1-2H3;(H2,1,2,3,4). The van der Waals surface area contributed by atoms with Crippen LogP contribution in [0.4, 0.5) is 0 Å². The molecule has 6 saturated carbocycles. The summed E-state index contributed by atoms with van der Waals surface area (Å²) < 4.78 is 49.9. The van der Waals surface area contributed by atoms with E-state index >= 15 is 0 Å². The Labute approximate surface area is 411 Å². The second-order valence-corrected chi connectivity index (χ2v) is 25.0. The number of hydrogen-bond donors (Lipinski definition) is 9. The van der Waals surface area contributed by atoms with Gasteiger partial charge in [-0.1, -0.05) is 32.9 Å². The molecule has 19 atom stereocenters. The Morgan fingerprint density at radius 2 is 1.51 bits per heavy atom. The molecule has 11 rings (SSSR count). The summed E-state index contributed by atoms with van der Waals surface area (Å²) in [7, 11) is -4.67. The fraction of sp³-hybridized carbons (Fsp3) is 0.808. The lowest BCUT2D eigenvalue weighted by atomic mass is 9.49. The molecule has 3 saturated heterocycles. The Bertz CT molecular complexity index is 2390. The molecule has 1 aromatic rings. The second kappa shape index (κ2) is 17.1. The van der Waals surface area contributed by atoms with Crippen molar-refractivity contribution in [1.29, 1.82) is 0 Å². The Balaban J connectivity index is 0.000000182. The summed E-state index contributed by atoms with van der Waals surface area (Å²) in [5, 5.41) is 83.7. The molecule has 18 heteroatoms. The number of phenolic OH excluding ortho intramolecular Hbond substituents is 1. The maximum atomic E-state index is 12.9. The molecule has 9 fully saturated rings. The number of allylic oxidation sites excluding steroid dienone is 1. The molecule has 1 aromatic carbocycles. The van der Waals surface area contributed by atoms with Crippen molar-refractivity contribution in [3.63, 3.8) is 0 Å². The first-order chi connectivity index (χ1) is 32.4. The number of aliphatic hydroxyl groups is 6. The van der Waals surface area contributed by atoms with Crippen LogP contribution in [-0.2, 0) is 40.6 Å². The summed E-state index contributed by atoms with van der Waals surface area (Å²) >= 11 is 0. The van der Waals surface area contributed by atoms with Gasteiger partial charge in [0.05, 0.1) is 11.7 Å². The summed E-state index contributed by atoms with van der Waals surface area (Å²) in [6.07, 6.45) is 9.18. The topological polar surface area (TPSA) is 281 Å². The Kier molecular flexibility index (Phi) is 12.8. The molecular formula is C52H77NO16S. The lowest BCUT2D eigenvalue weighted by molar-refractivity contribution is -0.354. The number of carbonyl (C=O) groups is 2. The minimum Gasteiger partial charge on any atom is -0.508 e. The van der Waals surface area contributed by atoms with Gasteiger partial charge in [-0.15, -0.1) is 0 Å². The molecule has 0 amide bonds. The second-order valence-electron chi connectivity index (χ2n) is 24.1. The van der Waals surface area contributed by atoms with Crippen molar-refractivity contribution < 1.29 is 77.1 Å². The van der Waals surface area contributed by atoms with E-state index in [1.54, 1.807) is 26.8 Å². The average Bonchev–Trinajstić information content (AvgIpc) is 3.68. The van der Waals surface area contributed by atoms with E-state index in [1.807, 2.05) is 19.1 Å². The van der Waals surface area contributed by atoms with E-state index in [1.165, 1.54) is 37.3 Å². The third-order valence-corrected chi connectivity index (χ3v) is 21.0. The Morgan fingerprint density at radius 1 is 0.829 bits per heavy atom. The van der Waals surface area contributed by atoms with Crippen LogP contribution in [0.25, 0.3) is 0 Å². The molecule has 70 heavy (non-hydrogen) atoms. The minimum atomic E-state index is -4.67. The SMILES string of the molecule is CC(=O)OC1CCC2C3CCc4cc(O)ccc4C3CCC12C.CC=C(C)C(=O)OC1CCC2(C)C3CCC4C5(O)CC(O)C6(O)C(CN7CC(C)CCC7C6(C)O)C5(O)CC42OC13O.O=S(=O)(O)O. The number of aromatic hydroxyl groups is 1. The van der Waals surface area contributed by atoms with Crippen LogP contribution < -0.4 is 0 Å². The van der Waals surface area contributed by atoms with E-state index in [4.69, 9.17) is 31.7 Å². The highest BCUT2D eigenvalue weighted by atomic mass is 32.3. The van der Waals surface area contributed by atoms with E-state index < -0.39 is 85.5 Å². The molecule has 7 aliphatic carbocycles. The number of ether oxygens (including phenoxy) is 3. The molecule has 0 radical (unpaired) electrons. The number of hydrogen-bond acceptors (Lipinski definition) is 15. The van der Waals surface area contributed by atoms with Crippen molar-refractivity contribution in [1.82, 2.24) is 4.90 Å². The maximum absolute atomic E-state index is 12.9. The largest absolute Gasteiger partial charge is 0.508 e. The number of esters is 2. The van der Waals surface area contributed by atoms with Crippen LogP contribution in [0.5, 0.6) is 5.75 Å². The van der Waals surface area contributed by atoms with Gasteiger partial charge in [0.2, 0.25) is 5.79 Å². The van der Waals surface area contributed by atoms with E-state index in [0.29, 0.717) is 73.6 Å². The van der Waals surface area contributed by atoms with Gasteiger partial charge in [0.25, 0.3) is 0 Å². The molecular weight excluding hydrogens is 927 g/mol. The van der Waals surface area contributed by atoms with Gasteiger partial charge < -0.3 is 50.0 Å². The Hall–Kier alpha value is -2.75. The molecule has 9 N–H and O–H groups in total. The average molecular weight is 1000 g/mol. The van der Waals surface area contributed by atoms with Crippen molar-refractivity contribution in [3.05, 3.63) is 41.0 Å². The van der Waals surface area contributed by atoms with Crippen LogP contribution in [0.1, 0.15) is 149 Å². The van der Waals surface area contributed by atoms with E-state index in [0.717, 1.165) is 25.7 Å². The zero-order chi connectivity index (χ0) is 51.2. The van der Waals surface area contributed by atoms with Gasteiger partial charge in [-0.25, -0.2) is 4.79 Å². The number of fused-ring (bicyclic) bond motifs is 10. The zero-order valence-corrected chi connectivity index (χ0v) is 42.5. The highest BCUT2D eigenvalue weighted by Crippen LogP contribution is 2.78. The monoisotopic (exact) mass is 1000 g/mol. The molecule has 0 aromatic heterocycles. The number of carbonyl (C=O) groups excluding carboxylic acids is 2. The number of benzene rings is 1. The fourth-order valence-corrected chi connectivity index (χ4v) is 17.7. The summed E-state index contributed by atoms with van der Waals surface area (Å²) in [5.74, 6) is -1.81. The molecule has 10 aliphatic rings. The van der Waals surface area contributed by atoms with Gasteiger partial charge in [0, 0.05) is 73.1 Å². The van der Waals surface area contributed by atoms with Gasteiger partial charge in [-0.05, 0) is 145 Å². The highest BCUT2D eigenvalue weighted by molar-refractivity contribution is 7.79. The highest BCUT2D eigenvalue weighted by Gasteiger charge is 2.89. The van der Waals surface area contributed by atoms with Crippen molar-refractivity contribution in [2.45, 2.75) is 202 Å². The van der Waals surface area contributed by atoms with Crippen molar-refractivity contribution in [3.8, 4) is 5.75 Å². The van der Waals surface area contributed by atoms with E-state index in [9.17, 15) is 45.3 Å². The van der Waals surface area contributed by atoms with Gasteiger partial charge in [0.1, 0.15) is 34.3 Å². The Morgan fingerprint density at radius 3 is 2.19 bits per heavy atom. The zero-order valence-electron chi connectivity index (χ0n) is 41.7. The normalized spacial score (nSPS) is 49.6. The third-order valence-electron chi connectivity index (χ3n) is 21.0. The number of rotatable bonds is 3. The van der Waals surface area contributed by atoms with Crippen molar-refractivity contribution >= 4 is 22.3 Å². The quantitative estimate of drug-likeness (QED) is 0.114. The van der Waals surface area contributed by atoms with Gasteiger partial charge >= 0.3 is 22.3 Å². The van der Waals surface area contributed by atoms with Crippen molar-refractivity contribution in [2.75, 3.05) is 13.1 Å². The molecule has 1 spiro atoms. The molecule has 19 unspecified atom stereocenters. The summed E-state index contributed by atoms with van der Waals surface area (Å²) in [6, 6.07) is 5.55. The molecule has 3 heterocycles. The molecule has 4 bridgehead atoms. The van der Waals surface area contributed by atoms with Gasteiger partial charge in [-0.3, -0.25) is 18.8 Å². The first-order valence-corrected chi connectivity index (χ1v) is 27.1. The van der Waals surface area contributed by atoms with E-state index in [-0.39, 0.29) is 42.9 Å². The number of aliphatic hydroxyl groups excluding tert-OH is 1. The first kappa shape index (κ1) is 52.1. The van der Waals surface area contributed by atoms with E-state index in [2.05, 4.69) is 24.8 Å².